The monoisotopic (exact) mass is 484 g/mol. The van der Waals surface area contributed by atoms with Crippen molar-refractivity contribution in [2.45, 2.75) is 117 Å². The van der Waals surface area contributed by atoms with Crippen molar-refractivity contribution < 1.29 is 17.9 Å². The van der Waals surface area contributed by atoms with Gasteiger partial charge in [-0.15, -0.1) is 0 Å². The molecule has 0 amide bonds. The molecule has 0 aliphatic carbocycles. The minimum Gasteiger partial charge on any atom is -0.269 e. The molecule has 0 atom stereocenters. The highest BCUT2D eigenvalue weighted by atomic mass is 32.2. The molecule has 0 aliphatic heterocycles. The molecule has 0 spiro atoms. The number of nitrogens with zero attached hydrogens (tertiary/aromatic N) is 2. The van der Waals surface area contributed by atoms with E-state index >= 15 is 0 Å². The van der Waals surface area contributed by atoms with Crippen molar-refractivity contribution in [2.75, 3.05) is 10.8 Å². The third-order valence-corrected chi connectivity index (χ3v) is 7.12. The van der Waals surface area contributed by atoms with E-state index in [1.807, 2.05) is 0 Å². The molecule has 0 aliphatic rings. The summed E-state index contributed by atoms with van der Waals surface area (Å²) in [6.45, 7) is 3.95. The molecule has 1 aromatic rings. The first-order valence-corrected chi connectivity index (χ1v) is 14.2. The Labute approximate surface area is 201 Å². The first-order valence-electron chi connectivity index (χ1n) is 12.8. The largest absolute Gasteiger partial charge is 0.359 e. The average Bonchev–Trinajstić information content (AvgIpc) is 2.75. The van der Waals surface area contributed by atoms with Crippen molar-refractivity contribution >= 4 is 21.7 Å². The van der Waals surface area contributed by atoms with Gasteiger partial charge in [-0.1, -0.05) is 109 Å². The average molecular weight is 485 g/mol. The summed E-state index contributed by atoms with van der Waals surface area (Å²) in [6.07, 6.45) is 19.6. The molecule has 1 rings (SSSR count). The van der Waals surface area contributed by atoms with E-state index in [-0.39, 0.29) is 17.9 Å². The van der Waals surface area contributed by atoms with Gasteiger partial charge in [0.05, 0.1) is 10.6 Å². The number of hydrogen-bond acceptors (Lipinski definition) is 4. The summed E-state index contributed by atoms with van der Waals surface area (Å²) in [5, 5.41) is 11.1. The van der Waals surface area contributed by atoms with E-state index in [0.717, 1.165) is 23.6 Å². The van der Waals surface area contributed by atoms with Crippen molar-refractivity contribution in [3.8, 4) is 0 Å². The minimum absolute atomic E-state index is 0.109. The van der Waals surface area contributed by atoms with Crippen LogP contribution in [0.4, 0.5) is 11.4 Å². The fraction of sp³-hybridized carbons (Fsp3) is 0.760. The van der Waals surface area contributed by atoms with Crippen LogP contribution in [0.15, 0.2) is 18.2 Å². The van der Waals surface area contributed by atoms with Gasteiger partial charge in [0.1, 0.15) is 0 Å². The van der Waals surface area contributed by atoms with Crippen LogP contribution < -0.4 is 4.31 Å². The first-order chi connectivity index (χ1) is 15.8. The maximum Gasteiger partial charge on any atom is 0.359 e. The van der Waals surface area contributed by atoms with Gasteiger partial charge >= 0.3 is 10.3 Å². The molecule has 0 unspecified atom stereocenters. The van der Waals surface area contributed by atoms with Gasteiger partial charge in [0.15, 0.2) is 0 Å². The van der Waals surface area contributed by atoms with E-state index in [1.54, 1.807) is 6.92 Å². The molecule has 0 aromatic heterocycles. The van der Waals surface area contributed by atoms with Crippen LogP contribution in [0.2, 0.25) is 0 Å². The second-order valence-corrected chi connectivity index (χ2v) is 10.4. The van der Waals surface area contributed by atoms with Gasteiger partial charge in [-0.2, -0.15) is 8.42 Å². The normalized spacial score (nSPS) is 11.6. The number of unbranched alkanes of at least 4 members (excludes halogenated alkanes) is 15. The summed E-state index contributed by atoms with van der Waals surface area (Å²) in [6, 6.07) is 4.19. The summed E-state index contributed by atoms with van der Waals surface area (Å²) < 4.78 is 34.0. The number of anilines is 1. The predicted molar refractivity (Wildman–Crippen MR) is 136 cm³/mol. The Kier molecular flexibility index (Phi) is 15.0. The Balaban J connectivity index is 2.17. The van der Waals surface area contributed by atoms with Gasteiger partial charge in [-0.25, -0.2) is 4.31 Å². The molecule has 1 aromatic carbocycles. The van der Waals surface area contributed by atoms with Gasteiger partial charge in [-0.05, 0) is 19.4 Å². The topological polar surface area (TPSA) is 101 Å². The van der Waals surface area contributed by atoms with E-state index in [0.29, 0.717) is 12.0 Å². The smallest absolute Gasteiger partial charge is 0.269 e. The number of nitro groups is 1. The maximum atomic E-state index is 11.8. The highest BCUT2D eigenvalue weighted by Gasteiger charge is 2.22. The molecule has 0 fully saturated rings. The van der Waals surface area contributed by atoms with Crippen LogP contribution in [-0.4, -0.2) is 24.4 Å². The molecule has 1 N–H and O–H groups in total. The zero-order chi connectivity index (χ0) is 24.5. The lowest BCUT2D eigenvalue weighted by Gasteiger charge is -2.21. The summed E-state index contributed by atoms with van der Waals surface area (Å²) in [7, 11) is -4.48. The highest BCUT2D eigenvalue weighted by Crippen LogP contribution is 2.27. The fourth-order valence-electron chi connectivity index (χ4n) is 4.13. The van der Waals surface area contributed by atoms with E-state index in [2.05, 4.69) is 6.92 Å². The van der Waals surface area contributed by atoms with Gasteiger partial charge in [0.25, 0.3) is 5.69 Å². The fourth-order valence-corrected chi connectivity index (χ4v) is 4.87. The molecule has 0 bridgehead atoms. The molecular formula is C25H44N2O5S. The second kappa shape index (κ2) is 16.9. The van der Waals surface area contributed by atoms with Gasteiger partial charge < -0.3 is 0 Å². The van der Waals surface area contributed by atoms with Crippen molar-refractivity contribution in [1.29, 1.82) is 0 Å². The number of rotatable bonds is 20. The number of aryl methyl sites for hydroxylation is 1. The Hall–Kier alpha value is -1.67. The van der Waals surface area contributed by atoms with E-state index < -0.39 is 15.2 Å². The quantitative estimate of drug-likeness (QED) is 0.0881. The third kappa shape index (κ3) is 13.0. The lowest BCUT2D eigenvalue weighted by atomic mass is 10.0. The first kappa shape index (κ1) is 29.4. The Bertz CT molecular complexity index is 783. The van der Waals surface area contributed by atoms with Crippen LogP contribution in [-0.2, 0) is 10.3 Å². The Morgan fingerprint density at radius 1 is 0.818 bits per heavy atom. The molecule has 0 saturated carbocycles. The molecule has 0 heterocycles. The zero-order valence-corrected chi connectivity index (χ0v) is 21.5. The van der Waals surface area contributed by atoms with Crippen LogP contribution in [0, 0.1) is 17.0 Å². The van der Waals surface area contributed by atoms with Crippen molar-refractivity contribution in [3.05, 3.63) is 33.9 Å². The van der Waals surface area contributed by atoms with Gasteiger partial charge in [0, 0.05) is 18.2 Å². The molecule has 190 valence electrons. The Morgan fingerprint density at radius 2 is 1.24 bits per heavy atom. The summed E-state index contributed by atoms with van der Waals surface area (Å²) in [4.78, 5) is 10.6. The molecule has 0 saturated heterocycles. The number of hydrogen-bond donors (Lipinski definition) is 1. The van der Waals surface area contributed by atoms with Crippen LogP contribution in [0.5, 0.6) is 0 Å². The van der Waals surface area contributed by atoms with E-state index in [1.165, 1.54) is 95.2 Å². The van der Waals surface area contributed by atoms with Gasteiger partial charge in [-0.3, -0.25) is 14.7 Å². The number of benzene rings is 1. The molecule has 8 heteroatoms. The minimum atomic E-state index is -4.48. The van der Waals surface area contributed by atoms with Gasteiger partial charge in [0.2, 0.25) is 0 Å². The van der Waals surface area contributed by atoms with E-state index in [9.17, 15) is 23.1 Å². The highest BCUT2D eigenvalue weighted by molar-refractivity contribution is 7.87. The lowest BCUT2D eigenvalue weighted by Crippen LogP contribution is -2.31. The van der Waals surface area contributed by atoms with E-state index in [4.69, 9.17) is 0 Å². The summed E-state index contributed by atoms with van der Waals surface area (Å²) in [5.74, 6) is 0. The summed E-state index contributed by atoms with van der Waals surface area (Å²) in [5.41, 5.74) is 0.408. The van der Waals surface area contributed by atoms with Crippen molar-refractivity contribution in [2.24, 2.45) is 0 Å². The maximum absolute atomic E-state index is 11.8. The molecule has 0 radical (unpaired) electrons. The zero-order valence-electron chi connectivity index (χ0n) is 20.6. The molecular weight excluding hydrogens is 440 g/mol. The third-order valence-electron chi connectivity index (χ3n) is 6.17. The lowest BCUT2D eigenvalue weighted by molar-refractivity contribution is -0.385. The van der Waals surface area contributed by atoms with Crippen molar-refractivity contribution in [1.82, 2.24) is 0 Å². The molecule has 33 heavy (non-hydrogen) atoms. The standard InChI is InChI=1S/C25H44N2O5S/c1-3-4-5-6-7-8-9-10-11-12-13-14-15-16-17-18-21-26(33(30,31)32)24-20-19-23(2)25(22-24)27(28)29/h19-20,22H,3-18,21H2,1-2H3,(H,30,31,32). The van der Waals surface area contributed by atoms with Crippen molar-refractivity contribution in [3.63, 3.8) is 0 Å². The number of nitro benzene ring substituents is 1. The van der Waals surface area contributed by atoms with Crippen LogP contribution >= 0.6 is 0 Å². The second-order valence-electron chi connectivity index (χ2n) is 9.08. The summed E-state index contributed by atoms with van der Waals surface area (Å²) >= 11 is 0. The predicted octanol–water partition coefficient (Wildman–Crippen LogP) is 7.77. The molecule has 7 nitrogen and oxygen atoms in total. The van der Waals surface area contributed by atoms with Crippen LogP contribution in [0.25, 0.3) is 0 Å². The van der Waals surface area contributed by atoms with Crippen LogP contribution in [0.3, 0.4) is 0 Å². The SMILES string of the molecule is CCCCCCCCCCCCCCCCCCN(c1ccc(C)c([N+](=O)[O-])c1)S(=O)(=O)O. The Morgan fingerprint density at radius 3 is 1.64 bits per heavy atom. The van der Waals surface area contributed by atoms with Crippen LogP contribution in [0.1, 0.15) is 115 Å².